The second kappa shape index (κ2) is 10.8. The smallest absolute Gasteiger partial charge is 0.242 e. The summed E-state index contributed by atoms with van der Waals surface area (Å²) >= 11 is 1.29. The van der Waals surface area contributed by atoms with E-state index in [0.717, 1.165) is 5.56 Å². The fourth-order valence-electron chi connectivity index (χ4n) is 2.64. The zero-order valence-electron chi connectivity index (χ0n) is 16.0. The van der Waals surface area contributed by atoms with Crippen molar-refractivity contribution in [3.05, 3.63) is 71.3 Å². The molecule has 0 saturated heterocycles. The molecule has 2 amide bonds. The van der Waals surface area contributed by atoms with Crippen LogP contribution in [0.25, 0.3) is 0 Å². The molecule has 0 radical (unpaired) electrons. The van der Waals surface area contributed by atoms with E-state index in [1.54, 1.807) is 44.2 Å². The van der Waals surface area contributed by atoms with Crippen molar-refractivity contribution in [2.45, 2.75) is 32.2 Å². The van der Waals surface area contributed by atoms with E-state index in [-0.39, 0.29) is 35.7 Å². The van der Waals surface area contributed by atoms with Crippen LogP contribution in [-0.2, 0) is 21.9 Å². The highest BCUT2D eigenvalue weighted by molar-refractivity contribution is 7.99. The Kier molecular flexibility index (Phi) is 8.44. The number of nitrogens with zero attached hydrogens (tertiary/aromatic N) is 1. The molecule has 1 N–H and O–H groups in total. The van der Waals surface area contributed by atoms with E-state index >= 15 is 0 Å². The third-order valence-electron chi connectivity index (χ3n) is 4.23. The van der Waals surface area contributed by atoms with Crippen molar-refractivity contribution in [3.63, 3.8) is 0 Å². The topological polar surface area (TPSA) is 49.4 Å². The third-order valence-corrected chi connectivity index (χ3v) is 5.19. The molecule has 1 atom stereocenters. The van der Waals surface area contributed by atoms with Crippen LogP contribution in [-0.4, -0.2) is 35.1 Å². The highest BCUT2D eigenvalue weighted by atomic mass is 32.2. The minimum absolute atomic E-state index is 0.110. The molecule has 0 saturated carbocycles. The molecule has 0 fully saturated rings. The number of likely N-dealkylation sites (N-methyl/N-ethyl adjacent to an activating group) is 1. The van der Waals surface area contributed by atoms with Crippen LogP contribution in [0.4, 0.5) is 8.78 Å². The van der Waals surface area contributed by atoms with Crippen LogP contribution in [0.15, 0.2) is 48.5 Å². The van der Waals surface area contributed by atoms with Crippen molar-refractivity contribution in [1.82, 2.24) is 10.2 Å². The predicted molar refractivity (Wildman–Crippen MR) is 108 cm³/mol. The maximum Gasteiger partial charge on any atom is 0.242 e. The molecule has 0 bridgehead atoms. The number of carbonyl (C=O) groups is 2. The molecule has 0 aromatic heterocycles. The second-order valence-corrected chi connectivity index (χ2v) is 7.29. The summed E-state index contributed by atoms with van der Waals surface area (Å²) < 4.78 is 26.9. The fraction of sp³-hybridized carbons (Fsp3) is 0.333. The van der Waals surface area contributed by atoms with Gasteiger partial charge in [-0.05, 0) is 43.2 Å². The van der Waals surface area contributed by atoms with Crippen LogP contribution in [0, 0.1) is 11.6 Å². The molecule has 0 aliphatic carbocycles. The van der Waals surface area contributed by atoms with Gasteiger partial charge in [-0.1, -0.05) is 30.3 Å². The van der Waals surface area contributed by atoms with Crippen molar-refractivity contribution >= 4 is 23.6 Å². The SMILES string of the molecule is CCNC(=O)[C@H](C)N(Cc1ccc(F)cc1)C(=O)CSCc1ccccc1F. The summed E-state index contributed by atoms with van der Waals surface area (Å²) in [6.07, 6.45) is 0. The van der Waals surface area contributed by atoms with Crippen molar-refractivity contribution in [2.24, 2.45) is 0 Å². The first-order chi connectivity index (χ1) is 13.4. The van der Waals surface area contributed by atoms with E-state index in [0.29, 0.717) is 17.9 Å². The number of hydrogen-bond acceptors (Lipinski definition) is 3. The summed E-state index contributed by atoms with van der Waals surface area (Å²) in [4.78, 5) is 26.5. The van der Waals surface area contributed by atoms with Crippen LogP contribution >= 0.6 is 11.8 Å². The lowest BCUT2D eigenvalue weighted by atomic mass is 10.1. The standard InChI is InChI=1S/C21H24F2N2O2S/c1-3-24-21(27)15(2)25(12-16-8-10-18(22)11-9-16)20(26)14-28-13-17-6-4-5-7-19(17)23/h4-11,15H,3,12-14H2,1-2H3,(H,24,27)/t15-/m0/s1. The quantitative estimate of drug-likeness (QED) is 0.690. The summed E-state index contributed by atoms with van der Waals surface area (Å²) in [5, 5.41) is 2.72. The van der Waals surface area contributed by atoms with Gasteiger partial charge in [0, 0.05) is 18.8 Å². The molecular weight excluding hydrogens is 382 g/mol. The van der Waals surface area contributed by atoms with Crippen molar-refractivity contribution < 1.29 is 18.4 Å². The Balaban J connectivity index is 2.05. The summed E-state index contributed by atoms with van der Waals surface area (Å²) in [5.41, 5.74) is 1.26. The number of carbonyl (C=O) groups excluding carboxylic acids is 2. The minimum atomic E-state index is -0.674. The van der Waals surface area contributed by atoms with Gasteiger partial charge in [-0.25, -0.2) is 8.78 Å². The summed E-state index contributed by atoms with van der Waals surface area (Å²) in [7, 11) is 0. The van der Waals surface area contributed by atoms with Crippen molar-refractivity contribution in [3.8, 4) is 0 Å². The van der Waals surface area contributed by atoms with Crippen LogP contribution in [0.5, 0.6) is 0 Å². The van der Waals surface area contributed by atoms with E-state index < -0.39 is 6.04 Å². The van der Waals surface area contributed by atoms with E-state index in [2.05, 4.69) is 5.32 Å². The molecule has 4 nitrogen and oxygen atoms in total. The zero-order valence-corrected chi connectivity index (χ0v) is 16.8. The third kappa shape index (κ3) is 6.34. The average molecular weight is 406 g/mol. The first-order valence-corrected chi connectivity index (χ1v) is 10.2. The minimum Gasteiger partial charge on any atom is -0.355 e. The molecule has 0 aliphatic heterocycles. The molecule has 28 heavy (non-hydrogen) atoms. The number of hydrogen-bond donors (Lipinski definition) is 1. The van der Waals surface area contributed by atoms with Gasteiger partial charge in [0.05, 0.1) is 5.75 Å². The van der Waals surface area contributed by atoms with Crippen LogP contribution in [0.1, 0.15) is 25.0 Å². The number of nitrogens with one attached hydrogen (secondary N) is 1. The monoisotopic (exact) mass is 406 g/mol. The van der Waals surface area contributed by atoms with E-state index in [4.69, 9.17) is 0 Å². The molecule has 0 spiro atoms. The Morgan fingerprint density at radius 3 is 2.43 bits per heavy atom. The molecule has 2 aromatic rings. The van der Waals surface area contributed by atoms with Gasteiger partial charge in [0.2, 0.25) is 11.8 Å². The van der Waals surface area contributed by atoms with Gasteiger partial charge in [0.25, 0.3) is 0 Å². The number of thioether (sulfide) groups is 1. The van der Waals surface area contributed by atoms with Crippen LogP contribution in [0.3, 0.4) is 0 Å². The highest BCUT2D eigenvalue weighted by Gasteiger charge is 2.25. The van der Waals surface area contributed by atoms with E-state index in [1.807, 2.05) is 0 Å². The Hall–Kier alpha value is -2.41. The molecule has 0 unspecified atom stereocenters. The van der Waals surface area contributed by atoms with Gasteiger partial charge in [0.1, 0.15) is 17.7 Å². The number of amides is 2. The first kappa shape index (κ1) is 21.9. The molecule has 150 valence electrons. The largest absolute Gasteiger partial charge is 0.355 e. The molecule has 2 aromatic carbocycles. The lowest BCUT2D eigenvalue weighted by Crippen LogP contribution is -2.48. The lowest BCUT2D eigenvalue weighted by Gasteiger charge is -2.28. The van der Waals surface area contributed by atoms with Gasteiger partial charge in [-0.15, -0.1) is 11.8 Å². The Morgan fingerprint density at radius 1 is 1.11 bits per heavy atom. The maximum absolute atomic E-state index is 13.7. The Bertz CT molecular complexity index is 799. The van der Waals surface area contributed by atoms with Gasteiger partial charge in [-0.2, -0.15) is 0 Å². The molecule has 7 heteroatoms. The van der Waals surface area contributed by atoms with Crippen molar-refractivity contribution in [1.29, 1.82) is 0 Å². The van der Waals surface area contributed by atoms with Gasteiger partial charge < -0.3 is 10.2 Å². The van der Waals surface area contributed by atoms with E-state index in [9.17, 15) is 18.4 Å². The number of benzene rings is 2. The Labute approximate surface area is 168 Å². The summed E-state index contributed by atoms with van der Waals surface area (Å²) in [6, 6.07) is 11.6. The lowest BCUT2D eigenvalue weighted by molar-refractivity contribution is -0.138. The van der Waals surface area contributed by atoms with E-state index in [1.165, 1.54) is 34.9 Å². The van der Waals surface area contributed by atoms with Gasteiger partial charge in [0.15, 0.2) is 0 Å². The normalized spacial score (nSPS) is 11.7. The predicted octanol–water partition coefficient (Wildman–Crippen LogP) is 3.75. The van der Waals surface area contributed by atoms with Gasteiger partial charge >= 0.3 is 0 Å². The van der Waals surface area contributed by atoms with Crippen LogP contribution < -0.4 is 5.32 Å². The van der Waals surface area contributed by atoms with Gasteiger partial charge in [-0.3, -0.25) is 9.59 Å². The molecular formula is C21H24F2N2O2S. The van der Waals surface area contributed by atoms with Crippen molar-refractivity contribution in [2.75, 3.05) is 12.3 Å². The molecule has 2 rings (SSSR count). The average Bonchev–Trinajstić information content (AvgIpc) is 2.68. The first-order valence-electron chi connectivity index (χ1n) is 9.05. The fourth-order valence-corrected chi connectivity index (χ4v) is 3.53. The maximum atomic E-state index is 13.7. The Morgan fingerprint density at radius 2 is 1.79 bits per heavy atom. The number of halogens is 2. The molecule has 0 aliphatic rings. The van der Waals surface area contributed by atoms with Crippen LogP contribution in [0.2, 0.25) is 0 Å². The summed E-state index contributed by atoms with van der Waals surface area (Å²) in [5.74, 6) is -0.681. The second-order valence-electron chi connectivity index (χ2n) is 6.30. The highest BCUT2D eigenvalue weighted by Crippen LogP contribution is 2.18. The number of rotatable bonds is 9. The molecule has 0 heterocycles. The zero-order chi connectivity index (χ0) is 20.5. The summed E-state index contributed by atoms with van der Waals surface area (Å²) in [6.45, 7) is 4.12.